The fourth-order valence-corrected chi connectivity index (χ4v) is 9.87. The zero-order valence-corrected chi connectivity index (χ0v) is 32.0. The second kappa shape index (κ2) is 13.9. The Labute approximate surface area is 336 Å². The van der Waals surface area contributed by atoms with Gasteiger partial charge in [0.15, 0.2) is 0 Å². The van der Waals surface area contributed by atoms with Crippen molar-refractivity contribution in [3.05, 3.63) is 218 Å². The lowest BCUT2D eigenvalue weighted by Gasteiger charge is -2.13. The van der Waals surface area contributed by atoms with Crippen molar-refractivity contribution in [3.63, 3.8) is 0 Å². The van der Waals surface area contributed by atoms with Crippen LogP contribution in [0.2, 0.25) is 0 Å². The van der Waals surface area contributed by atoms with Gasteiger partial charge in [0, 0.05) is 20.2 Å². The molecule has 0 saturated heterocycles. The maximum atomic E-state index is 2.34. The Bertz CT molecular complexity index is 3310. The van der Waals surface area contributed by atoms with Crippen LogP contribution in [0.25, 0.3) is 108 Å². The summed E-state index contributed by atoms with van der Waals surface area (Å²) in [6, 6.07) is 80.1. The molecule has 0 spiro atoms. The second-order valence-electron chi connectivity index (χ2n) is 14.9. The average Bonchev–Trinajstić information content (AvgIpc) is 3.68. The Balaban J connectivity index is 0.913. The van der Waals surface area contributed by atoms with Crippen LogP contribution in [-0.4, -0.2) is 0 Å². The fourth-order valence-electron chi connectivity index (χ4n) is 8.64. The zero-order chi connectivity index (χ0) is 37.7. The Morgan fingerprint density at radius 3 is 1.18 bits per heavy atom. The quantitative estimate of drug-likeness (QED) is 0.149. The van der Waals surface area contributed by atoms with E-state index < -0.39 is 0 Å². The second-order valence-corrected chi connectivity index (χ2v) is 15.9. The van der Waals surface area contributed by atoms with Crippen molar-refractivity contribution in [3.8, 4) is 66.8 Å². The molecule has 11 rings (SSSR count). The van der Waals surface area contributed by atoms with Crippen LogP contribution < -0.4 is 0 Å². The van der Waals surface area contributed by atoms with Gasteiger partial charge >= 0.3 is 0 Å². The molecule has 0 aliphatic rings. The van der Waals surface area contributed by atoms with Gasteiger partial charge in [-0.2, -0.15) is 0 Å². The van der Waals surface area contributed by atoms with E-state index in [1.807, 2.05) is 11.3 Å². The van der Waals surface area contributed by atoms with Crippen molar-refractivity contribution in [2.45, 2.75) is 0 Å². The standard InChI is InChI=1S/C56H36S/c1-2-24-48-47(13-1)36-54(51-26-4-3-25-50(48)51)46-23-11-21-44(35-46)42-19-9-17-40(33-42)38-15-7-14-37(31-38)39-16-8-18-41(32-39)43-20-10-22-45(34-43)49-28-12-29-53-52-27-5-6-30-55(52)57-56(49)53/h1-36H. The van der Waals surface area contributed by atoms with Crippen LogP contribution in [0.5, 0.6) is 0 Å². The van der Waals surface area contributed by atoms with Crippen LogP contribution >= 0.6 is 11.3 Å². The lowest BCUT2D eigenvalue weighted by molar-refractivity contribution is 1.56. The summed E-state index contributed by atoms with van der Waals surface area (Å²) in [6.45, 7) is 0. The molecule has 0 atom stereocenters. The molecule has 11 aromatic rings. The average molecular weight is 741 g/mol. The van der Waals surface area contributed by atoms with Gasteiger partial charge in [-0.15, -0.1) is 11.3 Å². The van der Waals surface area contributed by atoms with Crippen molar-refractivity contribution in [2.75, 3.05) is 0 Å². The molecule has 1 aromatic heterocycles. The molecule has 0 nitrogen and oxygen atoms in total. The van der Waals surface area contributed by atoms with Gasteiger partial charge in [-0.1, -0.05) is 176 Å². The summed E-state index contributed by atoms with van der Waals surface area (Å²) in [5.74, 6) is 0. The fraction of sp³-hybridized carbons (Fsp3) is 0. The van der Waals surface area contributed by atoms with Crippen LogP contribution in [0.15, 0.2) is 218 Å². The van der Waals surface area contributed by atoms with Gasteiger partial charge in [-0.25, -0.2) is 0 Å². The van der Waals surface area contributed by atoms with E-state index in [0.29, 0.717) is 0 Å². The minimum absolute atomic E-state index is 1.20. The summed E-state index contributed by atoms with van der Waals surface area (Å²) in [4.78, 5) is 0. The highest BCUT2D eigenvalue weighted by molar-refractivity contribution is 7.26. The monoisotopic (exact) mass is 740 g/mol. The zero-order valence-electron chi connectivity index (χ0n) is 31.2. The van der Waals surface area contributed by atoms with Gasteiger partial charge in [-0.05, 0) is 131 Å². The summed E-state index contributed by atoms with van der Waals surface area (Å²) in [6.07, 6.45) is 0. The molecule has 0 amide bonds. The van der Waals surface area contributed by atoms with Gasteiger partial charge in [0.2, 0.25) is 0 Å². The summed E-state index contributed by atoms with van der Waals surface area (Å²) >= 11 is 1.88. The van der Waals surface area contributed by atoms with E-state index in [1.54, 1.807) is 0 Å². The van der Waals surface area contributed by atoms with Crippen molar-refractivity contribution in [2.24, 2.45) is 0 Å². The van der Waals surface area contributed by atoms with Crippen LogP contribution in [0, 0.1) is 0 Å². The summed E-state index contributed by atoms with van der Waals surface area (Å²) in [7, 11) is 0. The molecule has 0 unspecified atom stereocenters. The smallest absolute Gasteiger partial charge is 0.0433 e. The van der Waals surface area contributed by atoms with E-state index in [0.717, 1.165) is 0 Å². The summed E-state index contributed by atoms with van der Waals surface area (Å²) in [5, 5.41) is 7.78. The van der Waals surface area contributed by atoms with E-state index in [4.69, 9.17) is 0 Å². The number of hydrogen-bond donors (Lipinski definition) is 0. The predicted octanol–water partition coefficient (Wildman–Crippen LogP) is 16.4. The molecular weight excluding hydrogens is 705 g/mol. The van der Waals surface area contributed by atoms with Crippen molar-refractivity contribution in [1.29, 1.82) is 0 Å². The minimum atomic E-state index is 1.20. The number of fused-ring (bicyclic) bond motifs is 6. The maximum Gasteiger partial charge on any atom is 0.0433 e. The predicted molar refractivity (Wildman–Crippen MR) is 247 cm³/mol. The normalized spacial score (nSPS) is 11.5. The van der Waals surface area contributed by atoms with Crippen molar-refractivity contribution in [1.82, 2.24) is 0 Å². The molecule has 57 heavy (non-hydrogen) atoms. The molecule has 1 heterocycles. The minimum Gasteiger partial charge on any atom is -0.135 e. The first-order valence-electron chi connectivity index (χ1n) is 19.6. The van der Waals surface area contributed by atoms with E-state index in [2.05, 4.69) is 218 Å². The lowest BCUT2D eigenvalue weighted by atomic mass is 9.91. The highest BCUT2D eigenvalue weighted by Crippen LogP contribution is 2.41. The molecule has 0 saturated carbocycles. The van der Waals surface area contributed by atoms with Gasteiger partial charge in [0.05, 0.1) is 0 Å². The lowest BCUT2D eigenvalue weighted by Crippen LogP contribution is -1.87. The van der Waals surface area contributed by atoms with E-state index in [-0.39, 0.29) is 0 Å². The van der Waals surface area contributed by atoms with Gasteiger partial charge in [0.1, 0.15) is 0 Å². The van der Waals surface area contributed by atoms with Gasteiger partial charge in [0.25, 0.3) is 0 Å². The molecule has 0 fully saturated rings. The third-order valence-electron chi connectivity index (χ3n) is 11.4. The maximum absolute atomic E-state index is 2.34. The largest absolute Gasteiger partial charge is 0.135 e. The first-order valence-corrected chi connectivity index (χ1v) is 20.4. The van der Waals surface area contributed by atoms with Crippen LogP contribution in [0.3, 0.4) is 0 Å². The topological polar surface area (TPSA) is 0 Å². The van der Waals surface area contributed by atoms with Crippen LogP contribution in [0.4, 0.5) is 0 Å². The third kappa shape index (κ3) is 6.01. The number of benzene rings is 10. The number of thiophene rings is 1. The highest BCUT2D eigenvalue weighted by Gasteiger charge is 2.13. The van der Waals surface area contributed by atoms with E-state index in [9.17, 15) is 0 Å². The molecule has 266 valence electrons. The first-order chi connectivity index (χ1) is 28.2. The van der Waals surface area contributed by atoms with Crippen LogP contribution in [0.1, 0.15) is 0 Å². The molecule has 1 heteroatoms. The highest BCUT2D eigenvalue weighted by atomic mass is 32.1. The summed E-state index contributed by atoms with van der Waals surface area (Å²) in [5.41, 5.74) is 14.7. The molecule has 0 N–H and O–H groups in total. The van der Waals surface area contributed by atoms with Crippen molar-refractivity contribution < 1.29 is 0 Å². The Morgan fingerprint density at radius 2 is 0.614 bits per heavy atom. The van der Waals surface area contributed by atoms with Gasteiger partial charge in [-0.3, -0.25) is 0 Å². The van der Waals surface area contributed by atoms with E-state index >= 15 is 0 Å². The Kier molecular flexibility index (Phi) is 8.12. The Hall–Kier alpha value is -7.06. The molecule has 0 aliphatic carbocycles. The first kappa shape index (κ1) is 33.3. The third-order valence-corrected chi connectivity index (χ3v) is 12.7. The molecule has 10 aromatic carbocycles. The summed E-state index contributed by atoms with van der Waals surface area (Å²) < 4.78 is 2.68. The molecule has 0 radical (unpaired) electrons. The number of hydrogen-bond acceptors (Lipinski definition) is 1. The molecular formula is C56H36S. The van der Waals surface area contributed by atoms with Crippen LogP contribution in [-0.2, 0) is 0 Å². The SMILES string of the molecule is c1cc(-c2cccc(-c3cccc(-c4cc5ccccc5c5ccccc45)c3)c2)cc(-c2cccc(-c3cccc(-c4cccc5c4sc4ccccc45)c3)c2)c1. The molecule has 0 bridgehead atoms. The Morgan fingerprint density at radius 1 is 0.228 bits per heavy atom. The van der Waals surface area contributed by atoms with Gasteiger partial charge < -0.3 is 0 Å². The van der Waals surface area contributed by atoms with E-state index in [1.165, 1.54) is 108 Å². The molecule has 0 aliphatic heterocycles. The van der Waals surface area contributed by atoms with Crippen molar-refractivity contribution >= 4 is 53.1 Å². The number of rotatable bonds is 6.